The number of nitrogens with one attached hydrogen (secondary N) is 2. The van der Waals surface area contributed by atoms with Crippen LogP contribution >= 0.6 is 0 Å². The predicted octanol–water partition coefficient (Wildman–Crippen LogP) is 1.42. The number of amides is 1. The summed E-state index contributed by atoms with van der Waals surface area (Å²) in [6.45, 7) is 2.50. The van der Waals surface area contributed by atoms with Crippen LogP contribution in [0.5, 0.6) is 0 Å². The molecule has 5 nitrogen and oxygen atoms in total. The van der Waals surface area contributed by atoms with Gasteiger partial charge in [0.05, 0.1) is 11.8 Å². The minimum absolute atomic E-state index is 0.0953. The Balaban J connectivity index is 2.03. The van der Waals surface area contributed by atoms with Crippen molar-refractivity contribution in [3.8, 4) is 0 Å². The van der Waals surface area contributed by atoms with Crippen LogP contribution in [0.25, 0.3) is 0 Å². The topological polar surface area (TPSA) is 78.4 Å². The van der Waals surface area contributed by atoms with Crippen molar-refractivity contribution in [2.45, 2.75) is 19.3 Å². The number of anilines is 1. The van der Waals surface area contributed by atoms with Crippen LogP contribution in [-0.4, -0.2) is 30.1 Å². The van der Waals surface area contributed by atoms with Gasteiger partial charge in [-0.1, -0.05) is 25.1 Å². The number of hydrogen-bond acceptors (Lipinski definition) is 3. The van der Waals surface area contributed by atoms with E-state index >= 15 is 0 Å². The Bertz CT molecular complexity index is 487. The molecular weight excluding hydrogens is 244 g/mol. The highest BCUT2D eigenvalue weighted by atomic mass is 16.4. The van der Waals surface area contributed by atoms with Crippen molar-refractivity contribution in [3.63, 3.8) is 0 Å². The first kappa shape index (κ1) is 13.4. The quantitative estimate of drug-likeness (QED) is 0.767. The number of hydrogen-bond donors (Lipinski definition) is 3. The van der Waals surface area contributed by atoms with Gasteiger partial charge in [0.2, 0.25) is 5.91 Å². The van der Waals surface area contributed by atoms with E-state index in [2.05, 4.69) is 10.6 Å². The summed E-state index contributed by atoms with van der Waals surface area (Å²) >= 11 is 0. The normalized spacial score (nSPS) is 18.9. The fraction of sp³-hybridized carbons (Fsp3) is 0.429. The summed E-state index contributed by atoms with van der Waals surface area (Å²) < 4.78 is 0. The number of rotatable bonds is 4. The highest BCUT2D eigenvalue weighted by molar-refractivity contribution is 5.86. The van der Waals surface area contributed by atoms with Gasteiger partial charge in [0.1, 0.15) is 0 Å². The molecular formula is C14H18N2O3. The van der Waals surface area contributed by atoms with E-state index in [0.717, 1.165) is 24.2 Å². The van der Waals surface area contributed by atoms with Gasteiger partial charge in [0, 0.05) is 18.8 Å². The molecule has 2 rings (SSSR count). The van der Waals surface area contributed by atoms with E-state index in [-0.39, 0.29) is 18.4 Å². The van der Waals surface area contributed by atoms with Gasteiger partial charge in [-0.25, -0.2) is 0 Å². The maximum absolute atomic E-state index is 12.2. The van der Waals surface area contributed by atoms with Gasteiger partial charge in [0.15, 0.2) is 0 Å². The number of carbonyl (C=O) groups is 2. The standard InChI is InChI=1S/C14H18N2O3/c1-9(14(18)19)8-16-13(17)11-6-7-15-12-5-3-2-4-10(11)12/h2-5,9,11,15H,6-8H2,1H3,(H,16,17)(H,18,19). The Labute approximate surface area is 112 Å². The van der Waals surface area contributed by atoms with Crippen LogP contribution in [-0.2, 0) is 9.59 Å². The molecule has 1 aromatic rings. The van der Waals surface area contributed by atoms with Gasteiger partial charge in [-0.15, -0.1) is 0 Å². The largest absolute Gasteiger partial charge is 0.481 e. The summed E-state index contributed by atoms with van der Waals surface area (Å²) in [6.07, 6.45) is 0.726. The van der Waals surface area contributed by atoms with Gasteiger partial charge in [0.25, 0.3) is 0 Å². The monoisotopic (exact) mass is 262 g/mol. The second-order valence-corrected chi connectivity index (χ2v) is 4.84. The van der Waals surface area contributed by atoms with Crippen LogP contribution in [0, 0.1) is 5.92 Å². The molecule has 0 bridgehead atoms. The van der Waals surface area contributed by atoms with Crippen LogP contribution in [0.4, 0.5) is 5.69 Å². The smallest absolute Gasteiger partial charge is 0.308 e. The van der Waals surface area contributed by atoms with Crippen molar-refractivity contribution >= 4 is 17.6 Å². The highest BCUT2D eigenvalue weighted by Gasteiger charge is 2.26. The number of benzene rings is 1. The van der Waals surface area contributed by atoms with Crippen LogP contribution in [0.2, 0.25) is 0 Å². The molecule has 19 heavy (non-hydrogen) atoms. The third-order valence-electron chi connectivity index (χ3n) is 3.41. The number of carboxylic acid groups (broad SMARTS) is 1. The molecule has 0 fully saturated rings. The third-order valence-corrected chi connectivity index (χ3v) is 3.41. The molecule has 0 saturated heterocycles. The molecule has 2 unspecified atom stereocenters. The van der Waals surface area contributed by atoms with Gasteiger partial charge >= 0.3 is 5.97 Å². The van der Waals surface area contributed by atoms with Crippen LogP contribution in [0.15, 0.2) is 24.3 Å². The number of carbonyl (C=O) groups excluding carboxylic acids is 1. The first-order valence-electron chi connectivity index (χ1n) is 6.43. The van der Waals surface area contributed by atoms with E-state index in [4.69, 9.17) is 5.11 Å². The fourth-order valence-electron chi connectivity index (χ4n) is 2.21. The molecule has 1 aliphatic heterocycles. The molecule has 1 aromatic carbocycles. The molecule has 1 heterocycles. The summed E-state index contributed by atoms with van der Waals surface area (Å²) in [5, 5.41) is 14.8. The van der Waals surface area contributed by atoms with Crippen LogP contribution in [0.3, 0.4) is 0 Å². The Hall–Kier alpha value is -2.04. The Morgan fingerprint density at radius 3 is 2.95 bits per heavy atom. The maximum Gasteiger partial charge on any atom is 0.308 e. The SMILES string of the molecule is CC(CNC(=O)C1CCNc2ccccc21)C(=O)O. The average molecular weight is 262 g/mol. The van der Waals surface area contributed by atoms with Crippen molar-refractivity contribution in [2.75, 3.05) is 18.4 Å². The number of fused-ring (bicyclic) bond motifs is 1. The summed E-state index contributed by atoms with van der Waals surface area (Å²) in [6, 6.07) is 7.73. The zero-order valence-electron chi connectivity index (χ0n) is 10.8. The molecule has 0 aliphatic carbocycles. The molecule has 102 valence electrons. The minimum Gasteiger partial charge on any atom is -0.481 e. The number of aliphatic carboxylic acids is 1. The lowest BCUT2D eigenvalue weighted by atomic mass is 9.90. The molecule has 2 atom stereocenters. The summed E-state index contributed by atoms with van der Waals surface area (Å²) in [5.41, 5.74) is 1.97. The zero-order valence-corrected chi connectivity index (χ0v) is 10.8. The van der Waals surface area contributed by atoms with Crippen molar-refractivity contribution < 1.29 is 14.7 Å². The van der Waals surface area contributed by atoms with E-state index in [0.29, 0.717) is 0 Å². The van der Waals surface area contributed by atoms with Crippen molar-refractivity contribution in [1.29, 1.82) is 0 Å². The molecule has 3 N–H and O–H groups in total. The summed E-state index contributed by atoms with van der Waals surface area (Å²) in [7, 11) is 0. The lowest BCUT2D eigenvalue weighted by Crippen LogP contribution is -2.36. The van der Waals surface area contributed by atoms with E-state index in [1.54, 1.807) is 6.92 Å². The Morgan fingerprint density at radius 1 is 1.47 bits per heavy atom. The van der Waals surface area contributed by atoms with Crippen LogP contribution < -0.4 is 10.6 Å². The van der Waals surface area contributed by atoms with Gasteiger partial charge in [-0.3, -0.25) is 9.59 Å². The lowest BCUT2D eigenvalue weighted by Gasteiger charge is -2.26. The Morgan fingerprint density at radius 2 is 2.21 bits per heavy atom. The van der Waals surface area contributed by atoms with Crippen molar-refractivity contribution in [2.24, 2.45) is 5.92 Å². The molecule has 0 aromatic heterocycles. The lowest BCUT2D eigenvalue weighted by molar-refractivity contribution is -0.141. The van der Waals surface area contributed by atoms with Gasteiger partial charge < -0.3 is 15.7 Å². The zero-order chi connectivity index (χ0) is 13.8. The second-order valence-electron chi connectivity index (χ2n) is 4.84. The average Bonchev–Trinajstić information content (AvgIpc) is 2.43. The number of para-hydroxylation sites is 1. The fourth-order valence-corrected chi connectivity index (χ4v) is 2.21. The van der Waals surface area contributed by atoms with E-state index in [9.17, 15) is 9.59 Å². The van der Waals surface area contributed by atoms with Crippen LogP contribution in [0.1, 0.15) is 24.8 Å². The summed E-state index contributed by atoms with van der Waals surface area (Å²) in [5.74, 6) is -1.76. The van der Waals surface area contributed by atoms with E-state index < -0.39 is 11.9 Å². The first-order valence-corrected chi connectivity index (χ1v) is 6.43. The number of carboxylic acids is 1. The molecule has 0 saturated carbocycles. The predicted molar refractivity (Wildman–Crippen MR) is 72.1 cm³/mol. The van der Waals surface area contributed by atoms with E-state index in [1.165, 1.54) is 0 Å². The molecule has 0 radical (unpaired) electrons. The third kappa shape index (κ3) is 3.05. The molecule has 1 amide bonds. The summed E-state index contributed by atoms with van der Waals surface area (Å²) in [4.78, 5) is 22.9. The Kier molecular flexibility index (Phi) is 4.04. The minimum atomic E-state index is -0.897. The second kappa shape index (κ2) is 5.73. The van der Waals surface area contributed by atoms with Crippen molar-refractivity contribution in [1.82, 2.24) is 5.32 Å². The highest BCUT2D eigenvalue weighted by Crippen LogP contribution is 2.31. The molecule has 0 spiro atoms. The first-order chi connectivity index (χ1) is 9.09. The van der Waals surface area contributed by atoms with Crippen molar-refractivity contribution in [3.05, 3.63) is 29.8 Å². The van der Waals surface area contributed by atoms with Gasteiger partial charge in [-0.05, 0) is 18.1 Å². The maximum atomic E-state index is 12.2. The molecule has 1 aliphatic rings. The molecule has 5 heteroatoms. The van der Waals surface area contributed by atoms with Gasteiger partial charge in [-0.2, -0.15) is 0 Å². The van der Waals surface area contributed by atoms with E-state index in [1.807, 2.05) is 24.3 Å².